The Hall–Kier alpha value is -2.26. The third-order valence-electron chi connectivity index (χ3n) is 3.95. The molecule has 9 heteroatoms. The van der Waals surface area contributed by atoms with E-state index in [0.29, 0.717) is 31.2 Å². The van der Waals surface area contributed by atoms with Gasteiger partial charge in [-0.2, -0.15) is 0 Å². The summed E-state index contributed by atoms with van der Waals surface area (Å²) in [6.45, 7) is 2.98. The first kappa shape index (κ1) is 20.5. The molecule has 0 N–H and O–H groups in total. The van der Waals surface area contributed by atoms with Crippen molar-refractivity contribution in [1.29, 1.82) is 0 Å². The van der Waals surface area contributed by atoms with Crippen LogP contribution in [0.3, 0.4) is 0 Å². The lowest BCUT2D eigenvalue weighted by Crippen LogP contribution is -2.42. The van der Waals surface area contributed by atoms with Crippen LogP contribution in [0.2, 0.25) is 0 Å². The molecule has 0 saturated heterocycles. The highest BCUT2D eigenvalue weighted by molar-refractivity contribution is 8.01. The lowest BCUT2D eigenvalue weighted by molar-refractivity contribution is -0.142. The van der Waals surface area contributed by atoms with Crippen molar-refractivity contribution in [2.24, 2.45) is 0 Å². The van der Waals surface area contributed by atoms with E-state index < -0.39 is 0 Å². The molecule has 1 amide bonds. The summed E-state index contributed by atoms with van der Waals surface area (Å²) >= 11 is 2.78. The Kier molecular flexibility index (Phi) is 7.16. The summed E-state index contributed by atoms with van der Waals surface area (Å²) in [5, 5.41) is 1.82. The maximum atomic E-state index is 12.4. The average molecular weight is 423 g/mol. The molecule has 0 bridgehead atoms. The summed E-state index contributed by atoms with van der Waals surface area (Å²) in [6.07, 6.45) is -0.0518. The molecule has 0 radical (unpaired) electrons. The van der Waals surface area contributed by atoms with Gasteiger partial charge in [0.05, 0.1) is 31.0 Å². The van der Waals surface area contributed by atoms with Gasteiger partial charge in [-0.15, -0.1) is 11.3 Å². The number of hydrogen-bond acceptors (Lipinski definition) is 8. The molecular weight excluding hydrogens is 400 g/mol. The molecule has 28 heavy (non-hydrogen) atoms. The molecule has 3 rings (SSSR count). The molecule has 0 aliphatic carbocycles. The summed E-state index contributed by atoms with van der Waals surface area (Å²) < 4.78 is 17.3. The summed E-state index contributed by atoms with van der Waals surface area (Å²) in [5.41, 5.74) is 0.665. The van der Waals surface area contributed by atoms with Crippen molar-refractivity contribution < 1.29 is 23.8 Å². The summed E-state index contributed by atoms with van der Waals surface area (Å²) in [6, 6.07) is 7.50. The second kappa shape index (κ2) is 9.79. The number of benzene rings is 1. The number of thiazole rings is 1. The summed E-state index contributed by atoms with van der Waals surface area (Å²) in [5.74, 6) is 1.38. The summed E-state index contributed by atoms with van der Waals surface area (Å²) in [4.78, 5) is 29.9. The Labute approximate surface area is 172 Å². The van der Waals surface area contributed by atoms with E-state index in [-0.39, 0.29) is 30.2 Å². The van der Waals surface area contributed by atoms with Gasteiger partial charge >= 0.3 is 5.97 Å². The molecule has 2 aromatic rings. The lowest BCUT2D eigenvalue weighted by Gasteiger charge is -2.29. The topological polar surface area (TPSA) is 78.0 Å². The van der Waals surface area contributed by atoms with E-state index in [0.717, 1.165) is 10.1 Å². The van der Waals surface area contributed by atoms with Gasteiger partial charge in [0.2, 0.25) is 5.91 Å². The second-order valence-corrected chi connectivity index (χ2v) is 8.23. The van der Waals surface area contributed by atoms with Crippen molar-refractivity contribution >= 4 is 35.0 Å². The number of carbonyl (C=O) groups is 2. The monoisotopic (exact) mass is 422 g/mol. The molecule has 7 nitrogen and oxygen atoms in total. The van der Waals surface area contributed by atoms with Crippen LogP contribution >= 0.6 is 23.1 Å². The largest absolute Gasteiger partial charge is 0.486 e. The number of amides is 1. The molecule has 2 heterocycles. The number of likely N-dealkylation sites (N-methyl/N-ethyl adjacent to an activating group) is 1. The van der Waals surface area contributed by atoms with Crippen molar-refractivity contribution in [3.05, 3.63) is 35.3 Å². The zero-order valence-electron chi connectivity index (χ0n) is 15.8. The van der Waals surface area contributed by atoms with Gasteiger partial charge in [-0.05, 0) is 19.1 Å². The van der Waals surface area contributed by atoms with E-state index in [9.17, 15) is 9.59 Å². The number of carbonyl (C=O) groups excluding carboxylic acids is 2. The molecule has 0 fully saturated rings. The predicted molar refractivity (Wildman–Crippen MR) is 107 cm³/mol. The van der Waals surface area contributed by atoms with Gasteiger partial charge in [-0.25, -0.2) is 4.98 Å². The number of thioether (sulfide) groups is 1. The first-order valence-corrected chi connectivity index (χ1v) is 10.8. The number of rotatable bonds is 8. The normalized spacial score (nSPS) is 15.1. The fraction of sp³-hybridized carbons (Fsp3) is 0.421. The number of ether oxygens (including phenoxy) is 3. The van der Waals surface area contributed by atoms with Crippen molar-refractivity contribution in [2.45, 2.75) is 23.8 Å². The van der Waals surface area contributed by atoms with Crippen LogP contribution in [0.5, 0.6) is 11.5 Å². The van der Waals surface area contributed by atoms with E-state index in [4.69, 9.17) is 14.2 Å². The minimum absolute atomic E-state index is 0.0189. The zero-order valence-corrected chi connectivity index (χ0v) is 17.4. The Bertz CT molecular complexity index is 826. The maximum Gasteiger partial charge on any atom is 0.311 e. The van der Waals surface area contributed by atoms with Crippen LogP contribution in [0.1, 0.15) is 12.6 Å². The van der Waals surface area contributed by atoms with E-state index in [1.807, 2.05) is 29.6 Å². The van der Waals surface area contributed by atoms with Gasteiger partial charge in [0.1, 0.15) is 6.61 Å². The molecule has 1 atom stereocenters. The number of esters is 1. The van der Waals surface area contributed by atoms with E-state index in [2.05, 4.69) is 4.98 Å². The number of fused-ring (bicyclic) bond motifs is 1. The smallest absolute Gasteiger partial charge is 0.311 e. The van der Waals surface area contributed by atoms with Crippen LogP contribution in [0.15, 0.2) is 34.0 Å². The molecule has 1 aliphatic rings. The van der Waals surface area contributed by atoms with Gasteiger partial charge in [0.25, 0.3) is 0 Å². The number of para-hydroxylation sites is 2. The second-order valence-electron chi connectivity index (χ2n) is 6.15. The molecule has 1 aliphatic heterocycles. The van der Waals surface area contributed by atoms with E-state index >= 15 is 0 Å². The Morgan fingerprint density at radius 3 is 2.93 bits per heavy atom. The Morgan fingerprint density at radius 2 is 2.14 bits per heavy atom. The van der Waals surface area contributed by atoms with Crippen LogP contribution in [-0.4, -0.2) is 60.4 Å². The van der Waals surface area contributed by atoms with Crippen LogP contribution < -0.4 is 9.47 Å². The van der Waals surface area contributed by atoms with Crippen LogP contribution in [0, 0.1) is 0 Å². The number of nitrogens with zero attached hydrogens (tertiary/aromatic N) is 2. The highest BCUT2D eigenvalue weighted by Crippen LogP contribution is 2.31. The third-order valence-corrected chi connectivity index (χ3v) is 6.01. The molecular formula is C19H22N2O5S2. The standard InChI is InChI=1S/C19H22N2O5S2/c1-3-24-18(23)8-13-11-27-19(20-13)28-12-17(22)21(2)9-14-10-25-15-6-4-5-7-16(15)26-14/h4-7,11,14H,3,8-10,12H2,1-2H3/t14-/m0/s1. The quantitative estimate of drug-likeness (QED) is 0.478. The predicted octanol–water partition coefficient (Wildman–Crippen LogP) is 2.64. The summed E-state index contributed by atoms with van der Waals surface area (Å²) in [7, 11) is 1.75. The SMILES string of the molecule is CCOC(=O)Cc1csc(SCC(=O)N(C)C[C@H]2COc3ccccc3O2)n1. The fourth-order valence-corrected chi connectivity index (χ4v) is 4.38. The maximum absolute atomic E-state index is 12.4. The highest BCUT2D eigenvalue weighted by Gasteiger charge is 2.23. The van der Waals surface area contributed by atoms with Crippen LogP contribution in [-0.2, 0) is 20.7 Å². The van der Waals surface area contributed by atoms with Gasteiger partial charge in [0.15, 0.2) is 21.9 Å². The third kappa shape index (κ3) is 5.62. The first-order chi connectivity index (χ1) is 13.5. The minimum Gasteiger partial charge on any atom is -0.486 e. The Balaban J connectivity index is 1.44. The van der Waals surface area contributed by atoms with Gasteiger partial charge in [-0.1, -0.05) is 23.9 Å². The van der Waals surface area contributed by atoms with Crippen LogP contribution in [0.25, 0.3) is 0 Å². The van der Waals surface area contributed by atoms with Crippen LogP contribution in [0.4, 0.5) is 0 Å². The van der Waals surface area contributed by atoms with Crippen molar-refractivity contribution in [2.75, 3.05) is 32.6 Å². The van der Waals surface area contributed by atoms with Crippen molar-refractivity contribution in [3.8, 4) is 11.5 Å². The average Bonchev–Trinajstić information content (AvgIpc) is 3.13. The highest BCUT2D eigenvalue weighted by atomic mass is 32.2. The fourth-order valence-electron chi connectivity index (χ4n) is 2.59. The van der Waals surface area contributed by atoms with Crippen molar-refractivity contribution in [3.63, 3.8) is 0 Å². The van der Waals surface area contributed by atoms with Gasteiger partial charge in [0, 0.05) is 12.4 Å². The molecule has 0 unspecified atom stereocenters. The zero-order chi connectivity index (χ0) is 19.9. The van der Waals surface area contributed by atoms with Crippen molar-refractivity contribution in [1.82, 2.24) is 9.88 Å². The van der Waals surface area contributed by atoms with Gasteiger partial charge in [-0.3, -0.25) is 9.59 Å². The molecule has 1 aromatic heterocycles. The molecule has 0 saturated carbocycles. The number of hydrogen-bond donors (Lipinski definition) is 0. The van der Waals surface area contributed by atoms with Gasteiger partial charge < -0.3 is 19.1 Å². The Morgan fingerprint density at radius 1 is 1.36 bits per heavy atom. The molecule has 150 valence electrons. The van der Waals surface area contributed by atoms with E-state index in [1.54, 1.807) is 18.9 Å². The minimum atomic E-state index is -0.295. The lowest BCUT2D eigenvalue weighted by atomic mass is 10.2. The number of aromatic nitrogens is 1. The van der Waals surface area contributed by atoms with E-state index in [1.165, 1.54) is 23.1 Å². The first-order valence-electron chi connectivity index (χ1n) is 8.90. The molecule has 1 aromatic carbocycles. The molecule has 0 spiro atoms.